The lowest BCUT2D eigenvalue weighted by Gasteiger charge is -2.18. The summed E-state index contributed by atoms with van der Waals surface area (Å²) in [5.41, 5.74) is 0. The van der Waals surface area contributed by atoms with Gasteiger partial charge in [0.05, 0.1) is 0 Å². The van der Waals surface area contributed by atoms with Crippen LogP contribution >= 0.6 is 0 Å². The Balaban J connectivity index is 4.23. The van der Waals surface area contributed by atoms with Crippen molar-refractivity contribution in [2.45, 2.75) is 348 Å². The highest BCUT2D eigenvalue weighted by molar-refractivity contribution is 5.71. The van der Waals surface area contributed by atoms with Crippen molar-refractivity contribution in [3.63, 3.8) is 0 Å². The van der Waals surface area contributed by atoms with Crippen molar-refractivity contribution in [3.8, 4) is 0 Å². The Morgan fingerprint density at radius 3 is 0.795 bits per heavy atom. The molecule has 0 aliphatic carbocycles. The van der Waals surface area contributed by atoms with Gasteiger partial charge in [0.2, 0.25) is 0 Å². The van der Waals surface area contributed by atoms with Crippen molar-refractivity contribution in [1.82, 2.24) is 0 Å². The number of carbonyl (C=O) groups excluding carboxylic acids is 3. The van der Waals surface area contributed by atoms with Crippen LogP contribution in [-0.4, -0.2) is 37.2 Å². The summed E-state index contributed by atoms with van der Waals surface area (Å²) < 4.78 is 16.9. The molecule has 0 amide bonds. The maximum absolute atomic E-state index is 12.9. The second-order valence-corrected chi connectivity index (χ2v) is 21.7. The number of rotatable bonds is 59. The number of hydrogen-bond donors (Lipinski definition) is 0. The summed E-state index contributed by atoms with van der Waals surface area (Å²) in [6.45, 7) is 6.65. The standard InChI is InChI=1S/C67H122O6/c1-4-7-10-13-16-19-22-25-27-28-29-30-31-32-33-34-35-36-37-38-40-42-45-48-51-54-57-60-66(69)72-63-64(62-71-65(68)59-56-53-50-47-44-41-24-21-18-15-12-9-6-3)73-67(70)61-58-55-52-49-46-43-39-26-23-20-17-14-11-8-5-2/h21-22,24-25,28-29,31-32,64H,4-20,23,26-27,30,33-63H2,1-3H3/b24-21-,25-22-,29-28-,32-31-. The number of unbranched alkanes of at least 4 members (excludes halogenated alkanes) is 40. The van der Waals surface area contributed by atoms with E-state index in [1.54, 1.807) is 0 Å². The van der Waals surface area contributed by atoms with Crippen LogP contribution in [0.4, 0.5) is 0 Å². The van der Waals surface area contributed by atoms with Gasteiger partial charge in [-0.05, 0) is 83.5 Å². The molecular formula is C67H122O6. The molecule has 0 N–H and O–H groups in total. The first-order valence-electron chi connectivity index (χ1n) is 32.1. The summed E-state index contributed by atoms with van der Waals surface area (Å²) in [6.07, 6.45) is 76.9. The Bertz CT molecular complexity index is 1270. The maximum Gasteiger partial charge on any atom is 0.306 e. The molecule has 1 unspecified atom stereocenters. The number of carbonyl (C=O) groups is 3. The van der Waals surface area contributed by atoms with Gasteiger partial charge in [-0.3, -0.25) is 14.4 Å². The summed E-state index contributed by atoms with van der Waals surface area (Å²) in [7, 11) is 0. The van der Waals surface area contributed by atoms with E-state index in [1.807, 2.05) is 0 Å². The highest BCUT2D eigenvalue weighted by atomic mass is 16.6. The predicted molar refractivity (Wildman–Crippen MR) is 316 cm³/mol. The average molecular weight is 1020 g/mol. The van der Waals surface area contributed by atoms with Crippen molar-refractivity contribution >= 4 is 17.9 Å². The Kier molecular flexibility index (Phi) is 59.7. The smallest absolute Gasteiger partial charge is 0.306 e. The Morgan fingerprint density at radius 2 is 0.493 bits per heavy atom. The van der Waals surface area contributed by atoms with Gasteiger partial charge in [0.25, 0.3) is 0 Å². The molecule has 73 heavy (non-hydrogen) atoms. The normalized spacial score (nSPS) is 12.3. The molecule has 0 aromatic rings. The van der Waals surface area contributed by atoms with Gasteiger partial charge >= 0.3 is 17.9 Å². The van der Waals surface area contributed by atoms with E-state index >= 15 is 0 Å². The minimum Gasteiger partial charge on any atom is -0.462 e. The van der Waals surface area contributed by atoms with Crippen LogP contribution < -0.4 is 0 Å². The number of ether oxygens (including phenoxy) is 3. The second kappa shape index (κ2) is 61.9. The third kappa shape index (κ3) is 60.1. The van der Waals surface area contributed by atoms with Crippen molar-refractivity contribution in [2.24, 2.45) is 0 Å². The molecule has 0 aromatic heterocycles. The van der Waals surface area contributed by atoms with Crippen molar-refractivity contribution in [1.29, 1.82) is 0 Å². The van der Waals surface area contributed by atoms with Gasteiger partial charge in [0.15, 0.2) is 6.10 Å². The van der Waals surface area contributed by atoms with Crippen LogP contribution in [0.15, 0.2) is 48.6 Å². The summed E-state index contributed by atoms with van der Waals surface area (Å²) in [6, 6.07) is 0. The maximum atomic E-state index is 12.9. The molecule has 0 aliphatic rings. The van der Waals surface area contributed by atoms with Gasteiger partial charge in [0, 0.05) is 19.3 Å². The summed E-state index contributed by atoms with van der Waals surface area (Å²) in [5.74, 6) is -0.864. The molecule has 0 bridgehead atoms. The monoisotopic (exact) mass is 1020 g/mol. The third-order valence-corrected chi connectivity index (χ3v) is 14.3. The topological polar surface area (TPSA) is 78.9 Å². The fraction of sp³-hybridized carbons (Fsp3) is 0.836. The van der Waals surface area contributed by atoms with Crippen LogP contribution in [-0.2, 0) is 28.6 Å². The Labute approximate surface area is 454 Å². The van der Waals surface area contributed by atoms with Gasteiger partial charge in [0.1, 0.15) is 13.2 Å². The second-order valence-electron chi connectivity index (χ2n) is 21.7. The lowest BCUT2D eigenvalue weighted by molar-refractivity contribution is -0.167. The summed E-state index contributed by atoms with van der Waals surface area (Å²) >= 11 is 0. The zero-order chi connectivity index (χ0) is 52.9. The van der Waals surface area contributed by atoms with Crippen LogP contribution in [0, 0.1) is 0 Å². The first kappa shape index (κ1) is 70.4. The molecule has 6 nitrogen and oxygen atoms in total. The minimum absolute atomic E-state index is 0.0728. The van der Waals surface area contributed by atoms with Crippen molar-refractivity contribution in [3.05, 3.63) is 48.6 Å². The minimum atomic E-state index is -0.774. The van der Waals surface area contributed by atoms with Crippen LogP contribution in [0.25, 0.3) is 0 Å². The molecule has 0 heterocycles. The van der Waals surface area contributed by atoms with Crippen LogP contribution in [0.1, 0.15) is 342 Å². The molecule has 1 atom stereocenters. The summed E-state index contributed by atoms with van der Waals surface area (Å²) in [5, 5.41) is 0. The lowest BCUT2D eigenvalue weighted by atomic mass is 10.0. The van der Waals surface area contributed by atoms with E-state index in [-0.39, 0.29) is 31.1 Å². The van der Waals surface area contributed by atoms with Crippen LogP contribution in [0.5, 0.6) is 0 Å². The SMILES string of the molecule is CCCCCC/C=C\CCCCCCCC(=O)OCC(COC(=O)CCCCCCCCCCCCCC/C=C\C/C=C\C/C=C\CCCCCCC)OC(=O)CCCCCCCCCCCCCCCCC. The number of esters is 3. The van der Waals surface area contributed by atoms with E-state index in [0.717, 1.165) is 77.0 Å². The van der Waals surface area contributed by atoms with Gasteiger partial charge in [-0.15, -0.1) is 0 Å². The fourth-order valence-corrected chi connectivity index (χ4v) is 9.45. The molecule has 0 rings (SSSR count). The highest BCUT2D eigenvalue weighted by Gasteiger charge is 2.19. The van der Waals surface area contributed by atoms with E-state index in [9.17, 15) is 14.4 Å². The fourth-order valence-electron chi connectivity index (χ4n) is 9.45. The number of allylic oxidation sites excluding steroid dienone is 8. The first-order chi connectivity index (χ1) is 36.0. The van der Waals surface area contributed by atoms with E-state index in [1.165, 1.54) is 225 Å². The molecule has 426 valence electrons. The Hall–Kier alpha value is -2.63. The molecule has 0 spiro atoms. The average Bonchev–Trinajstić information content (AvgIpc) is 3.39. The van der Waals surface area contributed by atoms with E-state index in [4.69, 9.17) is 14.2 Å². The van der Waals surface area contributed by atoms with Crippen molar-refractivity contribution < 1.29 is 28.6 Å². The van der Waals surface area contributed by atoms with Gasteiger partial charge in [-0.2, -0.15) is 0 Å². The van der Waals surface area contributed by atoms with E-state index in [0.29, 0.717) is 19.3 Å². The molecule has 0 saturated heterocycles. The van der Waals surface area contributed by atoms with Crippen LogP contribution in [0.2, 0.25) is 0 Å². The summed E-state index contributed by atoms with van der Waals surface area (Å²) in [4.78, 5) is 38.2. The molecule has 0 fully saturated rings. The zero-order valence-electron chi connectivity index (χ0n) is 48.9. The van der Waals surface area contributed by atoms with Crippen LogP contribution in [0.3, 0.4) is 0 Å². The predicted octanol–water partition coefficient (Wildman–Crippen LogP) is 21.8. The number of hydrogen-bond acceptors (Lipinski definition) is 6. The Morgan fingerprint density at radius 1 is 0.274 bits per heavy atom. The molecule has 0 radical (unpaired) electrons. The highest BCUT2D eigenvalue weighted by Crippen LogP contribution is 2.17. The molecular weight excluding hydrogens is 901 g/mol. The molecule has 0 saturated carbocycles. The first-order valence-corrected chi connectivity index (χ1v) is 32.1. The van der Waals surface area contributed by atoms with Crippen molar-refractivity contribution in [2.75, 3.05) is 13.2 Å². The van der Waals surface area contributed by atoms with Gasteiger partial charge < -0.3 is 14.2 Å². The quantitative estimate of drug-likeness (QED) is 0.0261. The molecule has 6 heteroatoms. The van der Waals surface area contributed by atoms with E-state index < -0.39 is 6.10 Å². The molecule has 0 aliphatic heterocycles. The van der Waals surface area contributed by atoms with Gasteiger partial charge in [-0.1, -0.05) is 288 Å². The zero-order valence-corrected chi connectivity index (χ0v) is 48.9. The van der Waals surface area contributed by atoms with Gasteiger partial charge in [-0.25, -0.2) is 0 Å². The third-order valence-electron chi connectivity index (χ3n) is 14.3. The molecule has 0 aromatic carbocycles. The lowest BCUT2D eigenvalue weighted by Crippen LogP contribution is -2.30. The van der Waals surface area contributed by atoms with E-state index in [2.05, 4.69) is 69.4 Å². The largest absolute Gasteiger partial charge is 0.462 e.